The van der Waals surface area contributed by atoms with Gasteiger partial charge in [-0.15, -0.1) is 0 Å². The van der Waals surface area contributed by atoms with Crippen LogP contribution in [-0.4, -0.2) is 18.4 Å². The average Bonchev–Trinajstić information content (AvgIpc) is 2.98. The normalized spacial score (nSPS) is 13.3. The highest BCUT2D eigenvalue weighted by molar-refractivity contribution is 7.89. The smallest absolute Gasteiger partial charge is 0.242 e. The first-order chi connectivity index (χ1) is 9.97. The molecule has 0 fully saturated rings. The van der Waals surface area contributed by atoms with Gasteiger partial charge in [0.1, 0.15) is 10.7 Å². The number of nitrogens with two attached hydrogens (primary N) is 1. The Morgan fingerprint density at radius 2 is 2.24 bits per heavy atom. The highest BCUT2D eigenvalue weighted by Gasteiger charge is 2.23. The first-order valence-electron chi connectivity index (χ1n) is 6.48. The molecule has 1 unspecified atom stereocenters. The van der Waals surface area contributed by atoms with Crippen LogP contribution in [-0.2, 0) is 16.6 Å². The third-order valence-corrected chi connectivity index (χ3v) is 5.03. The van der Waals surface area contributed by atoms with Crippen LogP contribution < -0.4 is 10.5 Å². The van der Waals surface area contributed by atoms with Crippen LogP contribution in [0.2, 0.25) is 5.02 Å². The second kappa shape index (κ2) is 6.57. The highest BCUT2D eigenvalue weighted by atomic mass is 35.5. The zero-order valence-corrected chi connectivity index (χ0v) is 13.1. The molecule has 2 aromatic rings. The summed E-state index contributed by atoms with van der Waals surface area (Å²) in [7, 11) is -3.74. The van der Waals surface area contributed by atoms with Crippen LogP contribution >= 0.6 is 11.6 Å². The molecule has 0 radical (unpaired) electrons. The summed E-state index contributed by atoms with van der Waals surface area (Å²) in [5.41, 5.74) is 6.28. The molecule has 0 amide bonds. The molecule has 0 spiro atoms. The van der Waals surface area contributed by atoms with Gasteiger partial charge in [-0.3, -0.25) is 0 Å². The quantitative estimate of drug-likeness (QED) is 0.754. The Morgan fingerprint density at radius 3 is 2.76 bits per heavy atom. The molecule has 6 nitrogen and oxygen atoms in total. The molecule has 1 atom stereocenters. The fourth-order valence-electron chi connectivity index (χ4n) is 1.94. The Kier molecular flexibility index (Phi) is 5.00. The summed E-state index contributed by atoms with van der Waals surface area (Å²) < 4.78 is 27.5. The van der Waals surface area contributed by atoms with Crippen molar-refractivity contribution >= 4 is 21.6 Å². The van der Waals surface area contributed by atoms with Crippen LogP contribution in [0.1, 0.15) is 30.8 Å². The van der Waals surface area contributed by atoms with E-state index in [-0.39, 0.29) is 9.92 Å². The Bertz CT molecular complexity index is 701. The summed E-state index contributed by atoms with van der Waals surface area (Å²) in [4.78, 5) is 7.02. The van der Waals surface area contributed by atoms with E-state index in [2.05, 4.69) is 14.7 Å². The number of aromatic nitrogens is 2. The van der Waals surface area contributed by atoms with Crippen molar-refractivity contribution in [2.24, 2.45) is 5.73 Å². The highest BCUT2D eigenvalue weighted by Crippen LogP contribution is 2.24. The minimum Gasteiger partial charge on any atom is -0.347 e. The lowest BCUT2D eigenvalue weighted by atomic mass is 10.2. The van der Waals surface area contributed by atoms with Crippen molar-refractivity contribution in [3.63, 3.8) is 0 Å². The van der Waals surface area contributed by atoms with E-state index in [9.17, 15) is 8.42 Å². The fourth-order valence-corrected chi connectivity index (χ4v) is 3.79. The SMILES string of the molecule is CCC(NS(=O)(=O)c1ccc(CN)cc1Cl)c1ncc[nH]1. The topological polar surface area (TPSA) is 101 Å². The van der Waals surface area contributed by atoms with Crippen molar-refractivity contribution in [3.8, 4) is 0 Å². The molecule has 0 saturated heterocycles. The lowest BCUT2D eigenvalue weighted by molar-refractivity contribution is 0.539. The molecule has 4 N–H and O–H groups in total. The summed E-state index contributed by atoms with van der Waals surface area (Å²) in [5, 5.41) is 0.153. The minimum atomic E-state index is -3.74. The van der Waals surface area contributed by atoms with Crippen LogP contribution in [0.15, 0.2) is 35.5 Å². The summed E-state index contributed by atoms with van der Waals surface area (Å²) in [5.74, 6) is 0.566. The summed E-state index contributed by atoms with van der Waals surface area (Å²) in [6.07, 6.45) is 3.79. The molecule has 0 aliphatic rings. The monoisotopic (exact) mass is 328 g/mol. The Labute approximate surface area is 128 Å². The number of nitrogens with one attached hydrogen (secondary N) is 2. The molecule has 1 aromatic carbocycles. The summed E-state index contributed by atoms with van der Waals surface area (Å²) >= 11 is 6.05. The Hall–Kier alpha value is -1.41. The predicted octanol–water partition coefficient (Wildman–Crippen LogP) is 1.95. The van der Waals surface area contributed by atoms with Gasteiger partial charge in [0, 0.05) is 18.9 Å². The van der Waals surface area contributed by atoms with Gasteiger partial charge in [0.2, 0.25) is 10.0 Å². The Balaban J connectivity index is 2.29. The molecule has 1 aromatic heterocycles. The second-order valence-electron chi connectivity index (χ2n) is 4.53. The van der Waals surface area contributed by atoms with Crippen LogP contribution in [0.25, 0.3) is 0 Å². The number of aromatic amines is 1. The second-order valence-corrected chi connectivity index (χ2v) is 6.62. The van der Waals surface area contributed by atoms with Crippen molar-refractivity contribution < 1.29 is 8.42 Å². The van der Waals surface area contributed by atoms with Crippen LogP contribution in [0.4, 0.5) is 0 Å². The molecule has 114 valence electrons. The fraction of sp³-hybridized carbons (Fsp3) is 0.308. The van der Waals surface area contributed by atoms with Crippen molar-refractivity contribution in [2.45, 2.75) is 30.8 Å². The van der Waals surface area contributed by atoms with Gasteiger partial charge in [-0.1, -0.05) is 24.6 Å². The maximum Gasteiger partial charge on any atom is 0.242 e. The van der Waals surface area contributed by atoms with Gasteiger partial charge in [0.15, 0.2) is 0 Å². The molecule has 21 heavy (non-hydrogen) atoms. The van der Waals surface area contributed by atoms with Crippen LogP contribution in [0, 0.1) is 0 Å². The number of H-pyrrole nitrogens is 1. The van der Waals surface area contributed by atoms with Crippen molar-refractivity contribution in [2.75, 3.05) is 0 Å². The standard InChI is InChI=1S/C13H17ClN4O2S/c1-2-11(13-16-5-6-17-13)18-21(19,20)12-4-3-9(8-15)7-10(12)14/h3-7,11,18H,2,8,15H2,1H3,(H,16,17). The van der Waals surface area contributed by atoms with Gasteiger partial charge >= 0.3 is 0 Å². The van der Waals surface area contributed by atoms with E-state index in [0.717, 1.165) is 5.56 Å². The van der Waals surface area contributed by atoms with Gasteiger partial charge in [-0.25, -0.2) is 18.1 Å². The molecule has 8 heteroatoms. The third kappa shape index (κ3) is 3.62. The zero-order chi connectivity index (χ0) is 15.5. The maximum atomic E-state index is 12.4. The van der Waals surface area contributed by atoms with E-state index in [1.165, 1.54) is 6.07 Å². The van der Waals surface area contributed by atoms with E-state index < -0.39 is 16.1 Å². The number of halogens is 1. The van der Waals surface area contributed by atoms with E-state index in [4.69, 9.17) is 17.3 Å². The number of hydrogen-bond acceptors (Lipinski definition) is 4. The van der Waals surface area contributed by atoms with E-state index in [1.807, 2.05) is 6.92 Å². The van der Waals surface area contributed by atoms with Gasteiger partial charge in [-0.05, 0) is 24.1 Å². The molecule has 2 rings (SSSR count). The largest absolute Gasteiger partial charge is 0.347 e. The maximum absolute atomic E-state index is 12.4. The van der Waals surface area contributed by atoms with Crippen molar-refractivity contribution in [1.29, 1.82) is 0 Å². The number of imidazole rings is 1. The van der Waals surface area contributed by atoms with Gasteiger partial charge in [-0.2, -0.15) is 0 Å². The molecular weight excluding hydrogens is 312 g/mol. The van der Waals surface area contributed by atoms with E-state index >= 15 is 0 Å². The van der Waals surface area contributed by atoms with Gasteiger partial charge in [0.25, 0.3) is 0 Å². The molecular formula is C13H17ClN4O2S. The third-order valence-electron chi connectivity index (χ3n) is 3.08. The zero-order valence-electron chi connectivity index (χ0n) is 11.5. The number of benzene rings is 1. The number of nitrogens with zero attached hydrogens (tertiary/aromatic N) is 1. The van der Waals surface area contributed by atoms with Crippen LogP contribution in [0.5, 0.6) is 0 Å². The summed E-state index contributed by atoms with van der Waals surface area (Å²) in [6, 6.07) is 4.23. The number of rotatable bonds is 6. The number of hydrogen-bond donors (Lipinski definition) is 3. The summed E-state index contributed by atoms with van der Waals surface area (Å²) in [6.45, 7) is 2.17. The van der Waals surface area contributed by atoms with Gasteiger partial charge in [0.05, 0.1) is 11.1 Å². The minimum absolute atomic E-state index is 0.0337. The molecule has 0 aliphatic heterocycles. The molecule has 0 saturated carbocycles. The van der Waals surface area contributed by atoms with Crippen LogP contribution in [0.3, 0.4) is 0 Å². The van der Waals surface area contributed by atoms with Crippen molar-refractivity contribution in [3.05, 3.63) is 47.0 Å². The van der Waals surface area contributed by atoms with Crippen molar-refractivity contribution in [1.82, 2.24) is 14.7 Å². The first kappa shape index (κ1) is 16.0. The molecule has 0 aliphatic carbocycles. The molecule has 0 bridgehead atoms. The van der Waals surface area contributed by atoms with Gasteiger partial charge < -0.3 is 10.7 Å². The molecule has 1 heterocycles. The predicted molar refractivity (Wildman–Crippen MR) is 81.3 cm³/mol. The van der Waals surface area contributed by atoms with E-state index in [1.54, 1.807) is 24.5 Å². The Morgan fingerprint density at radius 1 is 1.48 bits per heavy atom. The average molecular weight is 329 g/mol. The van der Waals surface area contributed by atoms with E-state index in [0.29, 0.717) is 18.8 Å². The lowest BCUT2D eigenvalue weighted by Gasteiger charge is -2.16. The lowest BCUT2D eigenvalue weighted by Crippen LogP contribution is -2.29. The first-order valence-corrected chi connectivity index (χ1v) is 8.34. The number of sulfonamides is 1.